The van der Waals surface area contributed by atoms with Crippen molar-refractivity contribution in [2.24, 2.45) is 5.73 Å². The SMILES string of the molecule is CCOC(=O)c1sc(N(CC)CC)c(C(N)=O)c1N. The first-order chi connectivity index (χ1) is 8.97. The van der Waals surface area contributed by atoms with Crippen LogP contribution in [-0.2, 0) is 4.74 Å². The van der Waals surface area contributed by atoms with Gasteiger partial charge < -0.3 is 21.1 Å². The first-order valence-corrected chi connectivity index (χ1v) is 6.93. The number of primary amides is 1. The number of hydrogen-bond donors (Lipinski definition) is 2. The quantitative estimate of drug-likeness (QED) is 0.771. The average molecular weight is 285 g/mol. The van der Waals surface area contributed by atoms with E-state index >= 15 is 0 Å². The van der Waals surface area contributed by atoms with Crippen LogP contribution in [0.1, 0.15) is 40.8 Å². The third-order valence-corrected chi connectivity index (χ3v) is 3.93. The van der Waals surface area contributed by atoms with Crippen molar-refractivity contribution >= 4 is 33.9 Å². The Morgan fingerprint density at radius 2 is 1.84 bits per heavy atom. The van der Waals surface area contributed by atoms with Crippen LogP contribution in [0.2, 0.25) is 0 Å². The minimum atomic E-state index is -0.633. The van der Waals surface area contributed by atoms with E-state index in [2.05, 4.69) is 0 Å². The summed E-state index contributed by atoms with van der Waals surface area (Å²) in [5, 5.41) is 0.623. The molecule has 6 nitrogen and oxygen atoms in total. The van der Waals surface area contributed by atoms with Crippen molar-refractivity contribution in [3.05, 3.63) is 10.4 Å². The number of thiophene rings is 1. The Kier molecular flexibility index (Phi) is 5.17. The van der Waals surface area contributed by atoms with Gasteiger partial charge in [0.2, 0.25) is 0 Å². The first kappa shape index (κ1) is 15.3. The topological polar surface area (TPSA) is 98.6 Å². The first-order valence-electron chi connectivity index (χ1n) is 6.11. The summed E-state index contributed by atoms with van der Waals surface area (Å²) in [6, 6.07) is 0. The van der Waals surface area contributed by atoms with Crippen LogP contribution in [0, 0.1) is 0 Å². The lowest BCUT2D eigenvalue weighted by atomic mass is 10.2. The molecule has 0 fully saturated rings. The van der Waals surface area contributed by atoms with Gasteiger partial charge in [-0.2, -0.15) is 0 Å². The molecule has 0 saturated carbocycles. The number of anilines is 2. The number of ether oxygens (including phenoxy) is 1. The highest BCUT2D eigenvalue weighted by Crippen LogP contribution is 2.38. The van der Waals surface area contributed by atoms with Crippen LogP contribution in [0.5, 0.6) is 0 Å². The third kappa shape index (κ3) is 2.98. The van der Waals surface area contributed by atoms with Crippen LogP contribution < -0.4 is 16.4 Å². The van der Waals surface area contributed by atoms with Crippen molar-refractivity contribution in [3.8, 4) is 0 Å². The van der Waals surface area contributed by atoms with Gasteiger partial charge in [-0.3, -0.25) is 4.79 Å². The molecule has 0 aromatic carbocycles. The molecule has 1 aromatic rings. The number of rotatable bonds is 6. The van der Waals surface area contributed by atoms with Crippen LogP contribution in [0.4, 0.5) is 10.7 Å². The van der Waals surface area contributed by atoms with E-state index in [0.717, 1.165) is 11.3 Å². The summed E-state index contributed by atoms with van der Waals surface area (Å²) in [6.45, 7) is 7.26. The fourth-order valence-electron chi connectivity index (χ4n) is 1.75. The molecule has 1 rings (SSSR count). The van der Waals surface area contributed by atoms with E-state index < -0.39 is 11.9 Å². The van der Waals surface area contributed by atoms with Gasteiger partial charge in [-0.25, -0.2) is 4.79 Å². The summed E-state index contributed by atoms with van der Waals surface area (Å²) >= 11 is 1.15. The smallest absolute Gasteiger partial charge is 0.350 e. The minimum absolute atomic E-state index is 0.109. The highest BCUT2D eigenvalue weighted by atomic mass is 32.1. The second-order valence-electron chi connectivity index (χ2n) is 3.78. The van der Waals surface area contributed by atoms with Crippen LogP contribution in [0.25, 0.3) is 0 Å². The van der Waals surface area contributed by atoms with Gasteiger partial charge in [0.05, 0.1) is 17.9 Å². The van der Waals surface area contributed by atoms with Crippen molar-refractivity contribution < 1.29 is 14.3 Å². The molecule has 0 aliphatic heterocycles. The Hall–Kier alpha value is -1.76. The van der Waals surface area contributed by atoms with Gasteiger partial charge in [0, 0.05) is 13.1 Å². The van der Waals surface area contributed by atoms with Crippen molar-refractivity contribution in [1.29, 1.82) is 0 Å². The van der Waals surface area contributed by atoms with Gasteiger partial charge in [0.25, 0.3) is 5.91 Å². The normalized spacial score (nSPS) is 10.3. The van der Waals surface area contributed by atoms with Crippen LogP contribution in [-0.4, -0.2) is 31.6 Å². The molecule has 0 bridgehead atoms. The number of nitrogens with two attached hydrogens (primary N) is 2. The van der Waals surface area contributed by atoms with Crippen LogP contribution in [0.3, 0.4) is 0 Å². The second-order valence-corrected chi connectivity index (χ2v) is 4.78. The molecule has 106 valence electrons. The molecule has 7 heteroatoms. The molecule has 0 aliphatic rings. The van der Waals surface area contributed by atoms with Crippen molar-refractivity contribution in [2.75, 3.05) is 30.3 Å². The zero-order valence-corrected chi connectivity index (χ0v) is 12.2. The monoisotopic (exact) mass is 285 g/mol. The van der Waals surface area contributed by atoms with Gasteiger partial charge in [-0.1, -0.05) is 0 Å². The summed E-state index contributed by atoms with van der Waals surface area (Å²) < 4.78 is 4.92. The maximum absolute atomic E-state index is 11.8. The molecule has 19 heavy (non-hydrogen) atoms. The lowest BCUT2D eigenvalue weighted by Gasteiger charge is -2.19. The predicted octanol–water partition coefficient (Wildman–Crippen LogP) is 1.45. The molecule has 0 spiro atoms. The highest BCUT2D eigenvalue weighted by Gasteiger charge is 2.27. The minimum Gasteiger partial charge on any atom is -0.462 e. The molecule has 0 radical (unpaired) electrons. The maximum Gasteiger partial charge on any atom is 0.350 e. The molecule has 1 heterocycles. The standard InChI is InChI=1S/C12H19N3O3S/c1-4-15(5-2)11-7(10(14)16)8(13)9(19-11)12(17)18-6-3/h4-6,13H2,1-3H3,(H2,14,16). The van der Waals surface area contributed by atoms with Gasteiger partial charge in [0.1, 0.15) is 9.88 Å². The van der Waals surface area contributed by atoms with Crippen LogP contribution >= 0.6 is 11.3 Å². The summed E-state index contributed by atoms with van der Waals surface area (Å²) in [5.41, 5.74) is 11.5. The molecular weight excluding hydrogens is 266 g/mol. The predicted molar refractivity (Wildman–Crippen MR) is 76.8 cm³/mol. The molecule has 4 N–H and O–H groups in total. The van der Waals surface area contributed by atoms with Crippen LogP contribution in [0.15, 0.2) is 0 Å². The Balaban J connectivity index is 3.34. The van der Waals surface area contributed by atoms with Gasteiger partial charge in [-0.05, 0) is 20.8 Å². The molecule has 1 aromatic heterocycles. The molecule has 1 amide bonds. The lowest BCUT2D eigenvalue weighted by molar-refractivity contribution is 0.0533. The Bertz CT molecular complexity index is 481. The number of hydrogen-bond acceptors (Lipinski definition) is 6. The summed E-state index contributed by atoms with van der Waals surface area (Å²) in [5.74, 6) is -1.16. The van der Waals surface area contributed by atoms with E-state index in [1.165, 1.54) is 0 Å². The Morgan fingerprint density at radius 3 is 2.26 bits per heavy atom. The lowest BCUT2D eigenvalue weighted by Crippen LogP contribution is -2.24. The van der Waals surface area contributed by atoms with E-state index in [9.17, 15) is 9.59 Å². The fraction of sp³-hybridized carbons (Fsp3) is 0.500. The summed E-state index contributed by atoms with van der Waals surface area (Å²) in [4.78, 5) is 25.5. The molecule has 0 aliphatic carbocycles. The number of amides is 1. The maximum atomic E-state index is 11.8. The third-order valence-electron chi connectivity index (χ3n) is 2.68. The number of carbonyl (C=O) groups excluding carboxylic acids is 2. The average Bonchev–Trinajstić information content (AvgIpc) is 2.69. The largest absolute Gasteiger partial charge is 0.462 e. The summed E-state index contributed by atoms with van der Waals surface area (Å²) in [7, 11) is 0. The van der Waals surface area contributed by atoms with Crippen molar-refractivity contribution in [3.63, 3.8) is 0 Å². The van der Waals surface area contributed by atoms with E-state index in [4.69, 9.17) is 16.2 Å². The molecule has 0 saturated heterocycles. The molecular formula is C12H19N3O3S. The van der Waals surface area contributed by atoms with E-state index in [0.29, 0.717) is 18.1 Å². The number of carbonyl (C=O) groups is 2. The summed E-state index contributed by atoms with van der Waals surface area (Å²) in [6.07, 6.45) is 0. The van der Waals surface area contributed by atoms with Crippen molar-refractivity contribution in [1.82, 2.24) is 0 Å². The zero-order valence-electron chi connectivity index (χ0n) is 11.4. The van der Waals surface area contributed by atoms with E-state index in [1.807, 2.05) is 18.7 Å². The van der Waals surface area contributed by atoms with Crippen molar-refractivity contribution in [2.45, 2.75) is 20.8 Å². The molecule has 0 atom stereocenters. The van der Waals surface area contributed by atoms with Gasteiger partial charge in [0.15, 0.2) is 0 Å². The number of nitrogens with zero attached hydrogens (tertiary/aromatic N) is 1. The zero-order chi connectivity index (χ0) is 14.6. The number of esters is 1. The Morgan fingerprint density at radius 1 is 1.26 bits per heavy atom. The van der Waals surface area contributed by atoms with E-state index in [1.54, 1.807) is 6.92 Å². The van der Waals surface area contributed by atoms with Gasteiger partial charge >= 0.3 is 5.97 Å². The number of nitrogen functional groups attached to an aromatic ring is 1. The van der Waals surface area contributed by atoms with E-state index in [-0.39, 0.29) is 22.7 Å². The van der Waals surface area contributed by atoms with Gasteiger partial charge in [-0.15, -0.1) is 11.3 Å². The fourth-order valence-corrected chi connectivity index (χ4v) is 3.00. The highest BCUT2D eigenvalue weighted by molar-refractivity contribution is 7.19. The second kappa shape index (κ2) is 6.42. The Labute approximate surface area is 116 Å². The molecule has 0 unspecified atom stereocenters.